The van der Waals surface area contributed by atoms with Crippen LogP contribution in [0.5, 0.6) is 0 Å². The van der Waals surface area contributed by atoms with Gasteiger partial charge in [0.05, 0.1) is 32.8 Å². The van der Waals surface area contributed by atoms with Gasteiger partial charge in [-0.2, -0.15) is 0 Å². The predicted molar refractivity (Wildman–Crippen MR) is 408 cm³/mol. The Morgan fingerprint density at radius 2 is 0.560 bits per heavy atom. The average Bonchev–Trinajstić information content (AvgIpc) is 0.937. The van der Waals surface area contributed by atoms with Gasteiger partial charge in [0.25, 0.3) is 0 Å². The number of aliphatic hydroxyl groups is 1. The third kappa shape index (κ3) is 70.6. The molecule has 17 nitrogen and oxygen atoms in total. The zero-order valence-electron chi connectivity index (χ0n) is 61.3. The minimum absolute atomic E-state index is 0.0272. The average molecular weight is 1440 g/mol. The first kappa shape index (κ1) is 94.2. The minimum Gasteiger partial charge on any atom is -0.462 e. The highest BCUT2D eigenvalue weighted by molar-refractivity contribution is 7.47. The van der Waals surface area contributed by atoms with Gasteiger partial charge >= 0.3 is 39.5 Å². The van der Waals surface area contributed by atoms with E-state index in [9.17, 15) is 43.2 Å². The van der Waals surface area contributed by atoms with Crippen molar-refractivity contribution in [2.45, 2.75) is 264 Å². The summed E-state index contributed by atoms with van der Waals surface area (Å²) in [5, 5.41) is 10.6. The van der Waals surface area contributed by atoms with Crippen molar-refractivity contribution >= 4 is 39.5 Å². The second kappa shape index (κ2) is 71.6. The smallest absolute Gasteiger partial charge is 0.462 e. The monoisotopic (exact) mass is 1430 g/mol. The maximum atomic E-state index is 13.1. The number of hydrogen-bond donors (Lipinski definition) is 3. The van der Waals surface area contributed by atoms with Crippen molar-refractivity contribution in [1.82, 2.24) is 0 Å². The molecule has 0 heterocycles. The zero-order chi connectivity index (χ0) is 73.2. The number of carbonyl (C=O) groups is 4. The molecule has 0 saturated heterocycles. The minimum atomic E-state index is -5.01. The van der Waals surface area contributed by atoms with E-state index < -0.39 is 97.5 Å². The number of rotatable bonds is 67. The third-order valence-corrected chi connectivity index (χ3v) is 16.3. The lowest BCUT2D eigenvalue weighted by molar-refractivity contribution is -0.161. The summed E-state index contributed by atoms with van der Waals surface area (Å²) in [5.74, 6) is -2.44. The van der Waals surface area contributed by atoms with Crippen molar-refractivity contribution in [3.63, 3.8) is 0 Å². The SMILES string of the molecule is CC/C=C\C/C=C\C/C=C\C/C=C\C/C=C\CC(=O)OCC(COP(=O)(O)OCC(O)COP(=O)(O)OCC(COC(=O)CCCCCC/C=C\C/C=C\C/C=C\C/C=C\CC)OC(=O)CCCC/C=C\C/C=C\C/C=C\C/C=C\CC)OC(=O)CCCCCCC/C=C\C/C=C\CCC. The van der Waals surface area contributed by atoms with Crippen molar-refractivity contribution < 1.29 is 80.2 Å². The molecular formula is C81H128O17P2. The Bertz CT molecular complexity index is 2620. The molecule has 0 radical (unpaired) electrons. The Labute approximate surface area is 603 Å². The summed E-state index contributed by atoms with van der Waals surface area (Å²) in [5.41, 5.74) is 0. The molecule has 0 amide bonds. The number of hydrogen-bond acceptors (Lipinski definition) is 15. The van der Waals surface area contributed by atoms with E-state index in [1.54, 1.807) is 6.08 Å². The molecule has 0 aromatic carbocycles. The lowest BCUT2D eigenvalue weighted by Gasteiger charge is -2.21. The Morgan fingerprint density at radius 3 is 0.910 bits per heavy atom. The molecule has 0 bridgehead atoms. The summed E-state index contributed by atoms with van der Waals surface area (Å²) in [4.78, 5) is 72.7. The van der Waals surface area contributed by atoms with Crippen LogP contribution in [0.25, 0.3) is 0 Å². The van der Waals surface area contributed by atoms with Crippen LogP contribution in [0.4, 0.5) is 0 Å². The molecule has 5 unspecified atom stereocenters. The fraction of sp³-hybridized carbons (Fsp3) is 0.580. The number of phosphoric acid groups is 2. The highest BCUT2D eigenvalue weighted by Crippen LogP contribution is 2.45. The fourth-order valence-electron chi connectivity index (χ4n) is 8.84. The quantitative estimate of drug-likeness (QED) is 0.0169. The van der Waals surface area contributed by atoms with Crippen LogP contribution >= 0.6 is 15.6 Å². The van der Waals surface area contributed by atoms with Crippen molar-refractivity contribution in [2.24, 2.45) is 0 Å². The molecule has 0 fully saturated rings. The maximum Gasteiger partial charge on any atom is 0.472 e. The van der Waals surface area contributed by atoms with E-state index in [4.69, 9.17) is 37.0 Å². The van der Waals surface area contributed by atoms with E-state index in [1.165, 1.54) is 0 Å². The van der Waals surface area contributed by atoms with Crippen molar-refractivity contribution in [3.8, 4) is 0 Å². The van der Waals surface area contributed by atoms with Gasteiger partial charge in [-0.15, -0.1) is 0 Å². The van der Waals surface area contributed by atoms with Crippen LogP contribution in [-0.4, -0.2) is 96.7 Å². The maximum absolute atomic E-state index is 13.1. The first-order valence-corrected chi connectivity index (χ1v) is 40.0. The largest absolute Gasteiger partial charge is 0.472 e. The van der Waals surface area contributed by atoms with Crippen LogP contribution in [0.2, 0.25) is 0 Å². The van der Waals surface area contributed by atoms with E-state index in [0.29, 0.717) is 32.1 Å². The summed E-state index contributed by atoms with van der Waals surface area (Å²) < 4.78 is 68.2. The Balaban J connectivity index is 5.50. The van der Waals surface area contributed by atoms with Crippen LogP contribution in [0.1, 0.15) is 246 Å². The number of esters is 4. The van der Waals surface area contributed by atoms with Crippen LogP contribution in [0, 0.1) is 0 Å². The lowest BCUT2D eigenvalue weighted by Crippen LogP contribution is -2.30. The molecule has 0 aromatic heterocycles. The van der Waals surface area contributed by atoms with E-state index in [-0.39, 0.29) is 25.7 Å². The van der Waals surface area contributed by atoms with Gasteiger partial charge in [0.1, 0.15) is 19.3 Å². The second-order valence-electron chi connectivity index (χ2n) is 23.8. The van der Waals surface area contributed by atoms with Crippen LogP contribution in [-0.2, 0) is 65.4 Å². The molecule has 19 heteroatoms. The highest BCUT2D eigenvalue weighted by Gasteiger charge is 2.30. The van der Waals surface area contributed by atoms with E-state index in [1.807, 2.05) is 18.2 Å². The summed E-state index contributed by atoms with van der Waals surface area (Å²) in [7, 11) is -10.0. The molecule has 0 saturated carbocycles. The predicted octanol–water partition coefficient (Wildman–Crippen LogP) is 21.2. The molecule has 0 spiro atoms. The normalized spacial score (nSPS) is 15.0. The number of allylic oxidation sites excluding steroid dienone is 29. The zero-order valence-corrected chi connectivity index (χ0v) is 63.1. The Hall–Kier alpha value is -5.84. The van der Waals surface area contributed by atoms with Gasteiger partial charge in [0, 0.05) is 19.3 Å². The molecule has 5 atom stereocenters. The molecular weight excluding hydrogens is 1310 g/mol. The van der Waals surface area contributed by atoms with E-state index >= 15 is 0 Å². The second-order valence-corrected chi connectivity index (χ2v) is 26.7. The van der Waals surface area contributed by atoms with Gasteiger partial charge in [-0.25, -0.2) is 9.13 Å². The number of ether oxygens (including phenoxy) is 4. The molecule has 0 aliphatic rings. The standard InChI is InChI=1S/C81H128O17P2/c1-5-9-13-17-21-25-29-33-36-37-40-43-46-50-54-58-62-66-79(84)92-72-77(98-81(86)68-64-60-56-52-48-44-39-35-31-27-23-19-15-11-7-3)74-96-100(89,90)94-70-75(82)69-93-99(87,88)95-73-76(97-80(85)67-63-59-55-51-47-41-32-28-24-20-16-12-8-4)71-91-78(83)65-61-57-53-49-45-42-38-34-30-26-22-18-14-10-6-2/h9-11,13-16,20-23,25-28,32-36,38-40,43,45,48-49,52,57,61,75-77,82H,5-8,12,17-19,24,29-31,37,41-42,44,46-47,50-51,53-56,58-60,62-74H2,1-4H3,(H,87,88)(H,89,90)/b13-9-,14-10-,15-11-,20-16-,25-21-,26-22-,27-23-,32-28-,36-33-,38-34-,39-35-,43-40-,49-45-,52-48-,61-57-. The molecule has 0 rings (SSSR count). The molecule has 0 aliphatic heterocycles. The van der Waals surface area contributed by atoms with Crippen LogP contribution in [0.3, 0.4) is 0 Å². The number of carbonyl (C=O) groups excluding carboxylic acids is 4. The molecule has 564 valence electrons. The van der Waals surface area contributed by atoms with E-state index in [0.717, 1.165) is 161 Å². The topological polar surface area (TPSA) is 237 Å². The van der Waals surface area contributed by atoms with E-state index in [2.05, 4.69) is 186 Å². The highest BCUT2D eigenvalue weighted by atomic mass is 31.2. The summed E-state index contributed by atoms with van der Waals surface area (Å²) in [6.07, 6.45) is 85.0. The number of phosphoric ester groups is 2. The molecule has 3 N–H and O–H groups in total. The molecule has 100 heavy (non-hydrogen) atoms. The third-order valence-electron chi connectivity index (χ3n) is 14.4. The molecule has 0 aliphatic carbocycles. The van der Waals surface area contributed by atoms with Gasteiger partial charge in [0.15, 0.2) is 12.2 Å². The Kier molecular flexibility index (Phi) is 67.4. The summed E-state index contributed by atoms with van der Waals surface area (Å²) in [6, 6.07) is 0. The van der Waals surface area contributed by atoms with Crippen molar-refractivity contribution in [1.29, 1.82) is 0 Å². The van der Waals surface area contributed by atoms with Gasteiger partial charge in [0.2, 0.25) is 0 Å². The first-order chi connectivity index (χ1) is 48.7. The van der Waals surface area contributed by atoms with Gasteiger partial charge in [-0.1, -0.05) is 249 Å². The first-order valence-electron chi connectivity index (χ1n) is 37.0. The van der Waals surface area contributed by atoms with Crippen LogP contribution in [0.15, 0.2) is 182 Å². The summed E-state index contributed by atoms with van der Waals surface area (Å²) in [6.45, 7) is 4.20. The summed E-state index contributed by atoms with van der Waals surface area (Å²) >= 11 is 0. The lowest BCUT2D eigenvalue weighted by atomic mass is 10.1. The van der Waals surface area contributed by atoms with Crippen molar-refractivity contribution in [2.75, 3.05) is 39.6 Å². The van der Waals surface area contributed by atoms with Crippen molar-refractivity contribution in [3.05, 3.63) is 182 Å². The number of unbranched alkanes of at least 4 members (excludes halogenated alkanes) is 12. The van der Waals surface area contributed by atoms with Gasteiger partial charge < -0.3 is 33.8 Å². The van der Waals surface area contributed by atoms with Gasteiger partial charge in [-0.3, -0.25) is 37.3 Å². The van der Waals surface area contributed by atoms with Crippen LogP contribution < -0.4 is 0 Å². The fourth-order valence-corrected chi connectivity index (χ4v) is 10.4. The number of aliphatic hydroxyl groups excluding tert-OH is 1. The Morgan fingerprint density at radius 1 is 0.300 bits per heavy atom. The van der Waals surface area contributed by atoms with Gasteiger partial charge in [-0.05, 0) is 154 Å². The molecule has 0 aromatic rings.